The molecular weight excluding hydrogens is 220 g/mol. The fourth-order valence-corrected chi connectivity index (χ4v) is 3.52. The monoisotopic (exact) mass is 240 g/mol. The third-order valence-corrected chi connectivity index (χ3v) is 4.47. The molecule has 2 saturated carbocycles. The minimum atomic E-state index is 0.0764. The lowest BCUT2D eigenvalue weighted by atomic mass is 9.74. The zero-order valence-electron chi connectivity index (χ0n) is 11.0. The number of nitrogens with zero attached hydrogens (tertiary/aromatic N) is 1. The maximum atomic E-state index is 6.39. The average molecular weight is 240 g/mol. The molecule has 2 nitrogen and oxygen atoms in total. The van der Waals surface area contributed by atoms with Crippen LogP contribution in [0.3, 0.4) is 0 Å². The molecule has 1 aromatic heterocycles. The third kappa shape index (κ3) is 2.15. The largest absolute Gasteiger partial charge is 0.325 e. The molecule has 0 spiro atoms. The molecule has 2 heteroatoms. The van der Waals surface area contributed by atoms with E-state index in [1.54, 1.807) is 0 Å². The fraction of sp³-hybridized carbons (Fsp3) is 0.562. The Morgan fingerprint density at radius 1 is 1.22 bits per heavy atom. The highest BCUT2D eigenvalue weighted by atomic mass is 14.8. The second-order valence-corrected chi connectivity index (χ2v) is 6.09. The van der Waals surface area contributed by atoms with Crippen molar-refractivity contribution in [2.24, 2.45) is 11.1 Å². The summed E-state index contributed by atoms with van der Waals surface area (Å²) in [5, 5.41) is 0. The molecule has 2 fully saturated rings. The molecule has 2 unspecified atom stereocenters. The van der Waals surface area contributed by atoms with Crippen LogP contribution in [-0.4, -0.2) is 10.5 Å². The van der Waals surface area contributed by atoms with E-state index < -0.39 is 0 Å². The molecule has 2 N–H and O–H groups in total. The van der Waals surface area contributed by atoms with Gasteiger partial charge in [0.15, 0.2) is 0 Å². The highest BCUT2D eigenvalue weighted by Gasteiger charge is 2.48. The van der Waals surface area contributed by atoms with Crippen LogP contribution in [0, 0.1) is 24.2 Å². The molecule has 0 amide bonds. The molecular formula is C16H20N2. The second-order valence-electron chi connectivity index (χ2n) is 6.09. The molecule has 2 aliphatic rings. The lowest BCUT2D eigenvalue weighted by molar-refractivity contribution is 0.257. The van der Waals surface area contributed by atoms with Gasteiger partial charge >= 0.3 is 0 Å². The van der Waals surface area contributed by atoms with Crippen molar-refractivity contribution in [1.29, 1.82) is 0 Å². The Bertz CT molecular complexity index is 525. The van der Waals surface area contributed by atoms with Crippen LogP contribution >= 0.6 is 0 Å². The van der Waals surface area contributed by atoms with Gasteiger partial charge in [0.05, 0.1) is 0 Å². The normalized spacial score (nSPS) is 33.9. The van der Waals surface area contributed by atoms with Crippen LogP contribution in [0.25, 0.3) is 0 Å². The summed E-state index contributed by atoms with van der Waals surface area (Å²) in [6, 6.07) is 6.02. The first-order valence-corrected chi connectivity index (χ1v) is 6.85. The lowest BCUT2D eigenvalue weighted by Gasteiger charge is -2.33. The summed E-state index contributed by atoms with van der Waals surface area (Å²) in [4.78, 5) is 4.45. The number of fused-ring (bicyclic) bond motifs is 2. The summed E-state index contributed by atoms with van der Waals surface area (Å²) in [5.41, 5.74) is 8.57. The van der Waals surface area contributed by atoms with Crippen molar-refractivity contribution in [2.45, 2.75) is 51.0 Å². The summed E-state index contributed by atoms with van der Waals surface area (Å²) in [7, 11) is 0. The molecule has 0 radical (unpaired) electrons. The quantitative estimate of drug-likeness (QED) is 0.708. The second kappa shape index (κ2) is 4.10. The van der Waals surface area contributed by atoms with Crippen LogP contribution in [0.4, 0.5) is 0 Å². The Morgan fingerprint density at radius 2 is 2.11 bits per heavy atom. The molecule has 0 aromatic carbocycles. The van der Waals surface area contributed by atoms with Gasteiger partial charge in [0.2, 0.25) is 0 Å². The van der Waals surface area contributed by atoms with Gasteiger partial charge in [-0.2, -0.15) is 0 Å². The van der Waals surface area contributed by atoms with E-state index in [2.05, 4.69) is 16.8 Å². The summed E-state index contributed by atoms with van der Waals surface area (Å²) in [6.45, 7) is 2.00. The van der Waals surface area contributed by atoms with Crippen molar-refractivity contribution in [1.82, 2.24) is 4.98 Å². The predicted molar refractivity (Wildman–Crippen MR) is 72.9 cm³/mol. The summed E-state index contributed by atoms with van der Waals surface area (Å²) in [5.74, 6) is 6.78. The topological polar surface area (TPSA) is 38.9 Å². The minimum absolute atomic E-state index is 0.0764. The molecule has 1 aromatic rings. The van der Waals surface area contributed by atoms with Crippen LogP contribution < -0.4 is 5.73 Å². The van der Waals surface area contributed by atoms with Gasteiger partial charge in [-0.05, 0) is 57.1 Å². The van der Waals surface area contributed by atoms with Gasteiger partial charge in [-0.25, -0.2) is 4.98 Å². The van der Waals surface area contributed by atoms with Gasteiger partial charge in [0, 0.05) is 16.6 Å². The first-order valence-electron chi connectivity index (χ1n) is 6.85. The highest BCUT2D eigenvalue weighted by molar-refractivity contribution is 5.32. The van der Waals surface area contributed by atoms with Crippen molar-refractivity contribution in [3.05, 3.63) is 29.6 Å². The Hall–Kier alpha value is -1.33. The number of pyridine rings is 1. The Kier molecular flexibility index (Phi) is 2.68. The molecule has 2 bridgehead atoms. The zero-order valence-corrected chi connectivity index (χ0v) is 11.0. The van der Waals surface area contributed by atoms with E-state index in [0.29, 0.717) is 0 Å². The standard InChI is InChI=1S/C16H20N2/c1-13-4-2-5-14(18-13)6-9-15-7-3-8-16(17,12-15)11-10-15/h2,4-5H,3,7-8,10-12,17H2,1H3. The van der Waals surface area contributed by atoms with Gasteiger partial charge in [0.1, 0.15) is 5.69 Å². The molecule has 94 valence electrons. The van der Waals surface area contributed by atoms with Crippen LogP contribution in [0.2, 0.25) is 0 Å². The molecule has 2 atom stereocenters. The minimum Gasteiger partial charge on any atom is -0.325 e. The van der Waals surface area contributed by atoms with Gasteiger partial charge in [-0.3, -0.25) is 0 Å². The molecule has 0 saturated heterocycles. The number of aryl methyl sites for hydroxylation is 1. The van der Waals surface area contributed by atoms with Crippen molar-refractivity contribution in [2.75, 3.05) is 0 Å². The van der Waals surface area contributed by atoms with Crippen molar-refractivity contribution < 1.29 is 0 Å². The average Bonchev–Trinajstić information content (AvgIpc) is 2.58. The Labute approximate surface area is 109 Å². The number of aromatic nitrogens is 1. The van der Waals surface area contributed by atoms with E-state index in [-0.39, 0.29) is 11.0 Å². The fourth-order valence-electron chi connectivity index (χ4n) is 3.52. The molecule has 1 heterocycles. The number of hydrogen-bond donors (Lipinski definition) is 1. The van der Waals surface area contributed by atoms with Crippen molar-refractivity contribution >= 4 is 0 Å². The van der Waals surface area contributed by atoms with Gasteiger partial charge in [0.25, 0.3) is 0 Å². The third-order valence-electron chi connectivity index (χ3n) is 4.47. The van der Waals surface area contributed by atoms with E-state index in [9.17, 15) is 0 Å². The number of nitrogens with two attached hydrogens (primary N) is 1. The molecule has 18 heavy (non-hydrogen) atoms. The van der Waals surface area contributed by atoms with E-state index in [0.717, 1.165) is 24.2 Å². The summed E-state index contributed by atoms with van der Waals surface area (Å²) >= 11 is 0. The van der Waals surface area contributed by atoms with Gasteiger partial charge in [-0.1, -0.05) is 18.4 Å². The number of hydrogen-bond acceptors (Lipinski definition) is 2. The van der Waals surface area contributed by atoms with Crippen molar-refractivity contribution in [3.63, 3.8) is 0 Å². The van der Waals surface area contributed by atoms with Crippen LogP contribution in [0.15, 0.2) is 18.2 Å². The van der Waals surface area contributed by atoms with E-state index >= 15 is 0 Å². The van der Waals surface area contributed by atoms with Gasteiger partial charge < -0.3 is 5.73 Å². The lowest BCUT2D eigenvalue weighted by Crippen LogP contribution is -2.40. The van der Waals surface area contributed by atoms with Crippen LogP contribution in [0.5, 0.6) is 0 Å². The van der Waals surface area contributed by atoms with Crippen LogP contribution in [0.1, 0.15) is 49.9 Å². The summed E-state index contributed by atoms with van der Waals surface area (Å²) < 4.78 is 0. The zero-order chi connectivity index (χ0) is 12.6. The Balaban J connectivity index is 1.85. The predicted octanol–water partition coefficient (Wildman–Crippen LogP) is 2.79. The first-order chi connectivity index (χ1) is 8.59. The SMILES string of the molecule is Cc1cccc(C#CC23CCCC(N)(CC2)C3)n1. The number of rotatable bonds is 0. The molecule has 0 aliphatic heterocycles. The van der Waals surface area contributed by atoms with Crippen molar-refractivity contribution in [3.8, 4) is 11.8 Å². The van der Waals surface area contributed by atoms with Crippen LogP contribution in [-0.2, 0) is 0 Å². The van der Waals surface area contributed by atoms with E-state index in [1.165, 1.54) is 25.7 Å². The highest BCUT2D eigenvalue weighted by Crippen LogP contribution is 2.52. The first kappa shape index (κ1) is 11.7. The smallest absolute Gasteiger partial charge is 0.113 e. The Morgan fingerprint density at radius 3 is 2.94 bits per heavy atom. The molecule has 2 aliphatic carbocycles. The van der Waals surface area contributed by atoms with E-state index in [1.807, 2.05) is 25.1 Å². The maximum absolute atomic E-state index is 6.39. The van der Waals surface area contributed by atoms with E-state index in [4.69, 9.17) is 5.73 Å². The summed E-state index contributed by atoms with van der Waals surface area (Å²) in [6.07, 6.45) is 7.01. The molecule has 3 rings (SSSR count). The maximum Gasteiger partial charge on any atom is 0.113 e. The van der Waals surface area contributed by atoms with Gasteiger partial charge in [-0.15, -0.1) is 0 Å².